The van der Waals surface area contributed by atoms with Crippen LogP contribution in [0.3, 0.4) is 0 Å². The third-order valence-electron chi connectivity index (χ3n) is 0.0559. The van der Waals surface area contributed by atoms with Gasteiger partial charge in [-0.05, 0) is 0 Å². The van der Waals surface area contributed by atoms with Gasteiger partial charge in [-0.3, -0.25) is 0 Å². The monoisotopic (exact) mass is 50.0 g/mol. The minimum atomic E-state index is 1.35. The van der Waals surface area contributed by atoms with Crippen LogP contribution in [-0.2, 0) is 0 Å². The SMILES string of the molecule is [C+]#CC#N. The molecule has 1 heteroatoms. The van der Waals surface area contributed by atoms with Crippen molar-refractivity contribution in [3.05, 3.63) is 6.42 Å². The van der Waals surface area contributed by atoms with Crippen molar-refractivity contribution in [1.29, 1.82) is 5.26 Å². The van der Waals surface area contributed by atoms with Crippen LogP contribution in [0.2, 0.25) is 0 Å². The van der Waals surface area contributed by atoms with Crippen molar-refractivity contribution in [1.82, 2.24) is 0 Å². The van der Waals surface area contributed by atoms with Gasteiger partial charge in [-0.15, -0.1) is 0 Å². The van der Waals surface area contributed by atoms with Gasteiger partial charge >= 0.3 is 23.7 Å². The molecule has 0 rings (SSSR count). The van der Waals surface area contributed by atoms with Crippen molar-refractivity contribution in [3.63, 3.8) is 0 Å². The molecule has 0 radical (unpaired) electrons. The summed E-state index contributed by atoms with van der Waals surface area (Å²) in [4.78, 5) is 0. The van der Waals surface area contributed by atoms with Gasteiger partial charge in [0.15, 0.2) is 0 Å². The topological polar surface area (TPSA) is 23.8 Å². The molecule has 0 aliphatic heterocycles. The molecular formula is C3N+. The van der Waals surface area contributed by atoms with E-state index >= 15 is 0 Å². The van der Waals surface area contributed by atoms with E-state index in [0.717, 1.165) is 0 Å². The van der Waals surface area contributed by atoms with Crippen molar-refractivity contribution in [2.24, 2.45) is 0 Å². The van der Waals surface area contributed by atoms with Gasteiger partial charge in [0.1, 0.15) is 0 Å². The van der Waals surface area contributed by atoms with Gasteiger partial charge in [-0.25, -0.2) is 0 Å². The first-order valence-corrected chi connectivity index (χ1v) is 0.724. The quantitative estimate of drug-likeness (QED) is 0.282. The summed E-state index contributed by atoms with van der Waals surface area (Å²) in [5, 5.41) is 7.33. The molecule has 0 bridgehead atoms. The second-order valence-corrected chi connectivity index (χ2v) is 0.237. The Morgan fingerprint density at radius 3 is 2.00 bits per heavy atom. The Kier molecular flexibility index (Phi) is 1.86. The predicted octanol–water partition coefficient (Wildman–Crippen LogP) is 0.0998. The molecule has 0 atom stereocenters. The normalized spacial score (nSPS) is 3.25. The molecular weight excluding hydrogens is 50.0 g/mol. The Morgan fingerprint density at radius 2 is 2.00 bits per heavy atom. The van der Waals surface area contributed by atoms with E-state index in [4.69, 9.17) is 11.7 Å². The summed E-state index contributed by atoms with van der Waals surface area (Å²) in [5.74, 6) is 1.49. The van der Waals surface area contributed by atoms with Crippen LogP contribution in [-0.4, -0.2) is 0 Å². The fourth-order valence-electron chi connectivity index (χ4n) is 0. The van der Waals surface area contributed by atoms with Gasteiger partial charge in [0, 0.05) is 0 Å². The Bertz CT molecular complexity index is 58.3. The maximum absolute atomic E-state index is 7.33. The molecule has 4 heavy (non-hydrogen) atoms. The molecule has 0 aliphatic rings. The number of rotatable bonds is 0. The van der Waals surface area contributed by atoms with Crippen LogP contribution in [0.25, 0.3) is 0 Å². The summed E-state index contributed by atoms with van der Waals surface area (Å²) in [6.07, 6.45) is 5.84. The van der Waals surface area contributed by atoms with Gasteiger partial charge in [0.05, 0.1) is 0 Å². The zero-order valence-electron chi connectivity index (χ0n) is 1.95. The molecule has 0 N–H and O–H groups in total. The van der Waals surface area contributed by atoms with Gasteiger partial charge in [-0.2, -0.15) is 0 Å². The molecule has 0 saturated carbocycles. The molecule has 0 unspecified atom stereocenters. The van der Waals surface area contributed by atoms with Crippen molar-refractivity contribution in [3.8, 4) is 12.0 Å². The Hall–Kier alpha value is -0.730. The molecule has 0 aromatic carbocycles. The first kappa shape index (κ1) is 3.27. The summed E-state index contributed by atoms with van der Waals surface area (Å²) in [6, 6.07) is 1.35. The molecule has 0 aliphatic carbocycles. The fourth-order valence-corrected chi connectivity index (χ4v) is 0. The number of hydrogen-bond acceptors (Lipinski definition) is 1. The van der Waals surface area contributed by atoms with Gasteiger partial charge in [-0.1, -0.05) is 0 Å². The number of hydrogen-bond donors (Lipinski definition) is 0. The number of nitrogens with zero attached hydrogens (tertiary/aromatic N) is 1. The van der Waals surface area contributed by atoms with Crippen molar-refractivity contribution >= 4 is 0 Å². The standard InChI is InChI=1S/C3N/c1-2-3-4/q+1. The summed E-state index contributed by atoms with van der Waals surface area (Å²) < 4.78 is 0. The van der Waals surface area contributed by atoms with Crippen LogP contribution in [0.4, 0.5) is 0 Å². The minimum absolute atomic E-state index is 1.35. The van der Waals surface area contributed by atoms with Crippen LogP contribution in [0, 0.1) is 23.7 Å². The van der Waals surface area contributed by atoms with Crippen LogP contribution in [0.1, 0.15) is 0 Å². The fraction of sp³-hybridized carbons (Fsp3) is 0. The first-order chi connectivity index (χ1) is 1.91. The maximum atomic E-state index is 7.33. The summed E-state index contributed by atoms with van der Waals surface area (Å²) >= 11 is 0. The van der Waals surface area contributed by atoms with E-state index in [2.05, 4.69) is 0 Å². The van der Waals surface area contributed by atoms with E-state index in [9.17, 15) is 0 Å². The van der Waals surface area contributed by atoms with Gasteiger partial charge < -0.3 is 0 Å². The van der Waals surface area contributed by atoms with Gasteiger partial charge in [0.2, 0.25) is 0 Å². The third-order valence-corrected chi connectivity index (χ3v) is 0.0559. The van der Waals surface area contributed by atoms with E-state index in [1.807, 2.05) is 0 Å². The zero-order valence-corrected chi connectivity index (χ0v) is 1.95. The van der Waals surface area contributed by atoms with Crippen LogP contribution < -0.4 is 0 Å². The van der Waals surface area contributed by atoms with E-state index in [0.29, 0.717) is 0 Å². The third kappa shape index (κ3) is 1.27. The first-order valence-electron chi connectivity index (χ1n) is 0.724. The molecule has 0 amide bonds. The van der Waals surface area contributed by atoms with Gasteiger partial charge in [0.25, 0.3) is 0 Å². The molecule has 0 aromatic heterocycles. The van der Waals surface area contributed by atoms with Crippen molar-refractivity contribution < 1.29 is 0 Å². The molecule has 0 aromatic rings. The van der Waals surface area contributed by atoms with E-state index in [1.165, 1.54) is 12.0 Å². The summed E-state index contributed by atoms with van der Waals surface area (Å²) in [6.45, 7) is 0. The second kappa shape index (κ2) is 2.27. The zero-order chi connectivity index (χ0) is 3.41. The average molecular weight is 50.0 g/mol. The molecule has 16 valence electrons. The van der Waals surface area contributed by atoms with Crippen LogP contribution >= 0.6 is 0 Å². The average Bonchev–Trinajstić information content (AvgIpc) is 1.37. The number of nitriles is 1. The van der Waals surface area contributed by atoms with E-state index in [1.54, 1.807) is 0 Å². The predicted molar refractivity (Wildman–Crippen MR) is 12.7 cm³/mol. The summed E-state index contributed by atoms with van der Waals surface area (Å²) in [7, 11) is 0. The summed E-state index contributed by atoms with van der Waals surface area (Å²) in [5.41, 5.74) is 0. The second-order valence-electron chi connectivity index (χ2n) is 0.237. The molecule has 1 nitrogen and oxygen atoms in total. The molecule has 0 heterocycles. The Labute approximate surface area is 24.9 Å². The van der Waals surface area contributed by atoms with E-state index < -0.39 is 0 Å². The molecule has 0 fully saturated rings. The molecule has 0 spiro atoms. The Balaban J connectivity index is 3.14. The van der Waals surface area contributed by atoms with Crippen molar-refractivity contribution in [2.45, 2.75) is 0 Å². The molecule has 0 saturated heterocycles. The van der Waals surface area contributed by atoms with E-state index in [-0.39, 0.29) is 0 Å². The Morgan fingerprint density at radius 1 is 1.75 bits per heavy atom. The van der Waals surface area contributed by atoms with Crippen LogP contribution in [0.15, 0.2) is 0 Å². The van der Waals surface area contributed by atoms with Crippen LogP contribution in [0.5, 0.6) is 0 Å². The van der Waals surface area contributed by atoms with Crippen molar-refractivity contribution in [2.75, 3.05) is 0 Å².